The van der Waals surface area contributed by atoms with Crippen LogP contribution in [0.3, 0.4) is 0 Å². The molecule has 0 atom stereocenters. The number of hydrogen-bond donors (Lipinski definition) is 1. The minimum absolute atomic E-state index is 0.0136. The molecular weight excluding hydrogens is 358 g/mol. The van der Waals surface area contributed by atoms with Gasteiger partial charge < -0.3 is 9.64 Å². The number of hydrogen-bond acceptors (Lipinski definition) is 4. The molecule has 0 saturated heterocycles. The Morgan fingerprint density at radius 3 is 2.59 bits per heavy atom. The summed E-state index contributed by atoms with van der Waals surface area (Å²) in [5.41, 5.74) is 2.71. The maximum absolute atomic E-state index is 13.2. The largest absolute Gasteiger partial charge is 0.494 e. The van der Waals surface area contributed by atoms with E-state index in [4.69, 9.17) is 9.72 Å². The van der Waals surface area contributed by atoms with Gasteiger partial charge in [0, 0.05) is 5.56 Å². The molecule has 1 amide bonds. The van der Waals surface area contributed by atoms with E-state index in [9.17, 15) is 4.79 Å². The highest BCUT2D eigenvalue weighted by molar-refractivity contribution is 7.22. The Hall–Kier alpha value is -2.44. The smallest absolute Gasteiger partial charge is 0.260 e. The molecular formula is C21H26N3O2S+. The fourth-order valence-corrected chi connectivity index (χ4v) is 3.75. The standard InChI is InChI=1S/C21H25N3O2S/c1-5-26-17-10-11-18-19(14-17)27-21(22-18)24(13-12-23(3)4)20(25)16-8-6-15(2)7-9-16/h6-11,14H,5,12-13H2,1-4H3/p+1. The Morgan fingerprint density at radius 2 is 1.93 bits per heavy atom. The Morgan fingerprint density at radius 1 is 1.19 bits per heavy atom. The van der Waals surface area contributed by atoms with Crippen LogP contribution < -0.4 is 14.5 Å². The number of anilines is 1. The third-order valence-corrected chi connectivity index (χ3v) is 5.31. The summed E-state index contributed by atoms with van der Waals surface area (Å²) in [6.07, 6.45) is 0. The van der Waals surface area contributed by atoms with Crippen molar-refractivity contribution < 1.29 is 14.4 Å². The lowest BCUT2D eigenvalue weighted by Crippen LogP contribution is -3.06. The number of thiazole rings is 1. The van der Waals surface area contributed by atoms with Crippen molar-refractivity contribution in [3.63, 3.8) is 0 Å². The number of quaternary nitrogens is 1. The minimum atomic E-state index is -0.0136. The van der Waals surface area contributed by atoms with Gasteiger partial charge in [0.25, 0.3) is 5.91 Å². The van der Waals surface area contributed by atoms with Gasteiger partial charge in [-0.1, -0.05) is 29.0 Å². The number of carbonyl (C=O) groups is 1. The van der Waals surface area contributed by atoms with Crippen molar-refractivity contribution >= 4 is 32.6 Å². The predicted molar refractivity (Wildman–Crippen MR) is 111 cm³/mol. The third kappa shape index (κ3) is 4.64. The van der Waals surface area contributed by atoms with Gasteiger partial charge in [-0.05, 0) is 44.2 Å². The molecule has 142 valence electrons. The zero-order valence-corrected chi connectivity index (χ0v) is 17.1. The highest BCUT2D eigenvalue weighted by atomic mass is 32.1. The molecule has 5 nitrogen and oxygen atoms in total. The van der Waals surface area contributed by atoms with E-state index in [0.29, 0.717) is 18.7 Å². The topological polar surface area (TPSA) is 46.9 Å². The normalized spacial score (nSPS) is 11.1. The average Bonchev–Trinajstić information content (AvgIpc) is 3.05. The van der Waals surface area contributed by atoms with E-state index in [1.165, 1.54) is 16.2 Å². The zero-order chi connectivity index (χ0) is 19.4. The van der Waals surface area contributed by atoms with Gasteiger partial charge in [-0.2, -0.15) is 0 Å². The number of amides is 1. The lowest BCUT2D eigenvalue weighted by molar-refractivity contribution is -0.856. The van der Waals surface area contributed by atoms with Crippen molar-refractivity contribution in [1.82, 2.24) is 4.98 Å². The summed E-state index contributed by atoms with van der Waals surface area (Å²) >= 11 is 1.53. The van der Waals surface area contributed by atoms with Crippen LogP contribution in [0.2, 0.25) is 0 Å². The maximum Gasteiger partial charge on any atom is 0.260 e. The van der Waals surface area contributed by atoms with Gasteiger partial charge in [0.1, 0.15) is 5.75 Å². The van der Waals surface area contributed by atoms with E-state index in [0.717, 1.165) is 33.2 Å². The minimum Gasteiger partial charge on any atom is -0.494 e. The molecule has 1 heterocycles. The third-order valence-electron chi connectivity index (χ3n) is 4.27. The van der Waals surface area contributed by atoms with E-state index in [1.54, 1.807) is 4.90 Å². The van der Waals surface area contributed by atoms with Gasteiger partial charge >= 0.3 is 0 Å². The van der Waals surface area contributed by atoms with Crippen LogP contribution in [0.15, 0.2) is 42.5 Å². The molecule has 0 aliphatic heterocycles. The highest BCUT2D eigenvalue weighted by Crippen LogP contribution is 2.32. The lowest BCUT2D eigenvalue weighted by Gasteiger charge is -2.20. The first-order valence-electron chi connectivity index (χ1n) is 9.19. The van der Waals surface area contributed by atoms with E-state index >= 15 is 0 Å². The summed E-state index contributed by atoms with van der Waals surface area (Å²) < 4.78 is 6.61. The van der Waals surface area contributed by atoms with Crippen LogP contribution >= 0.6 is 11.3 Å². The summed E-state index contributed by atoms with van der Waals surface area (Å²) in [6, 6.07) is 13.6. The van der Waals surface area contributed by atoms with E-state index in [-0.39, 0.29) is 5.91 Å². The number of nitrogens with zero attached hydrogens (tertiary/aromatic N) is 2. The molecule has 27 heavy (non-hydrogen) atoms. The van der Waals surface area contributed by atoms with E-state index in [1.807, 2.05) is 56.3 Å². The quantitative estimate of drug-likeness (QED) is 0.681. The zero-order valence-electron chi connectivity index (χ0n) is 16.3. The van der Waals surface area contributed by atoms with Gasteiger partial charge in [-0.3, -0.25) is 9.69 Å². The van der Waals surface area contributed by atoms with Crippen LogP contribution in [0.25, 0.3) is 10.2 Å². The predicted octanol–water partition coefficient (Wildman–Crippen LogP) is 2.79. The van der Waals surface area contributed by atoms with Crippen LogP contribution in [0.5, 0.6) is 5.75 Å². The molecule has 0 aliphatic carbocycles. The molecule has 0 unspecified atom stereocenters. The number of aryl methyl sites for hydroxylation is 1. The second-order valence-electron chi connectivity index (χ2n) is 6.84. The number of fused-ring (bicyclic) bond motifs is 1. The SMILES string of the molecule is CCOc1ccc2nc(N(CC[NH+](C)C)C(=O)c3ccc(C)cc3)sc2c1. The van der Waals surface area contributed by atoms with Crippen molar-refractivity contribution in [3.8, 4) is 5.75 Å². The van der Waals surface area contributed by atoms with Gasteiger partial charge in [-0.25, -0.2) is 4.98 Å². The average molecular weight is 385 g/mol. The molecule has 0 aliphatic rings. The molecule has 1 aromatic heterocycles. The molecule has 3 rings (SSSR count). The number of ether oxygens (including phenoxy) is 1. The molecule has 3 aromatic rings. The number of benzene rings is 2. The fraction of sp³-hybridized carbons (Fsp3) is 0.333. The maximum atomic E-state index is 13.2. The second kappa shape index (κ2) is 8.50. The van der Waals surface area contributed by atoms with Gasteiger partial charge in [0.15, 0.2) is 5.13 Å². The van der Waals surface area contributed by atoms with Gasteiger partial charge in [0.2, 0.25) is 0 Å². The molecule has 0 radical (unpaired) electrons. The molecule has 6 heteroatoms. The Kier molecular flexibility index (Phi) is 6.08. The van der Waals surface area contributed by atoms with Crippen LogP contribution in [0.1, 0.15) is 22.8 Å². The lowest BCUT2D eigenvalue weighted by atomic mass is 10.1. The summed E-state index contributed by atoms with van der Waals surface area (Å²) in [5, 5.41) is 0.727. The monoisotopic (exact) mass is 384 g/mol. The van der Waals surface area contributed by atoms with Crippen molar-refractivity contribution in [2.45, 2.75) is 13.8 Å². The van der Waals surface area contributed by atoms with Gasteiger partial charge in [-0.15, -0.1) is 0 Å². The summed E-state index contributed by atoms with van der Waals surface area (Å²) in [7, 11) is 4.17. The van der Waals surface area contributed by atoms with Crippen LogP contribution in [0, 0.1) is 6.92 Å². The Labute approximate surface area is 164 Å². The number of aromatic nitrogens is 1. The van der Waals surface area contributed by atoms with Crippen LogP contribution in [-0.4, -0.2) is 44.7 Å². The number of nitrogens with one attached hydrogen (secondary N) is 1. The van der Waals surface area contributed by atoms with Crippen molar-refractivity contribution in [2.24, 2.45) is 0 Å². The first kappa shape index (κ1) is 19.3. The molecule has 0 fully saturated rings. The van der Waals surface area contributed by atoms with Crippen molar-refractivity contribution in [3.05, 3.63) is 53.6 Å². The molecule has 2 aromatic carbocycles. The number of rotatable bonds is 7. The second-order valence-corrected chi connectivity index (χ2v) is 7.85. The van der Waals surface area contributed by atoms with Crippen LogP contribution in [-0.2, 0) is 0 Å². The molecule has 0 spiro atoms. The molecule has 1 N–H and O–H groups in total. The number of likely N-dealkylation sites (N-methyl/N-ethyl adjacent to an activating group) is 1. The van der Waals surface area contributed by atoms with Crippen molar-refractivity contribution in [2.75, 3.05) is 38.7 Å². The van der Waals surface area contributed by atoms with Crippen molar-refractivity contribution in [1.29, 1.82) is 0 Å². The van der Waals surface area contributed by atoms with E-state index in [2.05, 4.69) is 14.1 Å². The van der Waals surface area contributed by atoms with Gasteiger partial charge in [0.05, 0.1) is 44.0 Å². The summed E-state index contributed by atoms with van der Waals surface area (Å²) in [4.78, 5) is 21.0. The first-order chi connectivity index (χ1) is 13.0. The first-order valence-corrected chi connectivity index (χ1v) is 10.0. The fourth-order valence-electron chi connectivity index (χ4n) is 2.74. The molecule has 0 bridgehead atoms. The highest BCUT2D eigenvalue weighted by Gasteiger charge is 2.22. The summed E-state index contributed by atoms with van der Waals surface area (Å²) in [5.74, 6) is 0.815. The summed E-state index contributed by atoms with van der Waals surface area (Å²) in [6.45, 7) is 6.07. The Bertz CT molecular complexity index is 919. The van der Waals surface area contributed by atoms with Crippen LogP contribution in [0.4, 0.5) is 5.13 Å². The molecule has 0 saturated carbocycles. The van der Waals surface area contributed by atoms with E-state index < -0.39 is 0 Å². The Balaban J connectivity index is 1.95. The number of carbonyl (C=O) groups excluding carboxylic acids is 1.